The Kier molecular flexibility index (Phi) is 4.21. The monoisotopic (exact) mass is 355 g/mol. The van der Waals surface area contributed by atoms with Crippen molar-refractivity contribution in [3.05, 3.63) is 64.1 Å². The molecule has 0 radical (unpaired) electrons. The molecule has 0 bridgehead atoms. The van der Waals surface area contributed by atoms with Gasteiger partial charge in [0.05, 0.1) is 10.1 Å². The Hall–Kier alpha value is -1.07. The minimum Gasteiger partial charge on any atom is -0.330 e. The van der Waals surface area contributed by atoms with Crippen molar-refractivity contribution < 1.29 is 8.42 Å². The quantitative estimate of drug-likeness (QED) is 0.912. The number of halogens is 2. The molecule has 0 aromatic heterocycles. The van der Waals surface area contributed by atoms with Gasteiger partial charge in [0.15, 0.2) is 9.84 Å². The van der Waals surface area contributed by atoms with E-state index in [-0.39, 0.29) is 16.7 Å². The van der Waals surface area contributed by atoms with Crippen molar-refractivity contribution in [2.45, 2.75) is 16.1 Å². The smallest absolute Gasteiger partial charge is 0.182 e. The molecule has 0 aliphatic heterocycles. The molecule has 3 nitrogen and oxygen atoms in total. The third-order valence-corrected chi connectivity index (χ3v) is 6.92. The lowest BCUT2D eigenvalue weighted by Gasteiger charge is -2.04. The molecule has 0 unspecified atom stereocenters. The largest absolute Gasteiger partial charge is 0.330 e. The fraction of sp³-hybridized carbons (Fsp3) is 0.250. The maximum Gasteiger partial charge on any atom is 0.182 e. The number of hydrogen-bond acceptors (Lipinski definition) is 3. The Labute approximate surface area is 140 Å². The highest BCUT2D eigenvalue weighted by Crippen LogP contribution is 2.53. The second-order valence-electron chi connectivity index (χ2n) is 5.44. The van der Waals surface area contributed by atoms with Gasteiger partial charge in [-0.25, -0.2) is 8.42 Å². The summed E-state index contributed by atoms with van der Waals surface area (Å²) in [7, 11) is -3.42. The van der Waals surface area contributed by atoms with Gasteiger partial charge in [0.25, 0.3) is 0 Å². The van der Waals surface area contributed by atoms with Gasteiger partial charge in [0.2, 0.25) is 0 Å². The molecule has 1 saturated carbocycles. The van der Waals surface area contributed by atoms with Gasteiger partial charge in [-0.3, -0.25) is 0 Å². The van der Waals surface area contributed by atoms with Gasteiger partial charge in [-0.05, 0) is 54.4 Å². The maximum absolute atomic E-state index is 12.8. The summed E-state index contributed by atoms with van der Waals surface area (Å²) < 4.78 is 25.6. The van der Waals surface area contributed by atoms with E-state index in [0.29, 0.717) is 16.6 Å². The summed E-state index contributed by atoms with van der Waals surface area (Å²) in [4.78, 5) is 0.289. The molecule has 22 heavy (non-hydrogen) atoms. The molecule has 0 amide bonds. The standard InChI is InChI=1S/C16H15Cl2NO2S/c17-11-3-1-10(2-4-11)15-14(9-19)16(15)22(20,21)13-7-5-12(18)6-8-13/h1-8,14-16H,9,19H2/t14-,15+,16+/m0/s1. The van der Waals surface area contributed by atoms with Gasteiger partial charge in [-0.2, -0.15) is 0 Å². The van der Waals surface area contributed by atoms with Crippen molar-refractivity contribution in [3.8, 4) is 0 Å². The molecule has 0 saturated heterocycles. The summed E-state index contributed by atoms with van der Waals surface area (Å²) in [6, 6.07) is 13.5. The minimum absolute atomic E-state index is 0.0677. The summed E-state index contributed by atoms with van der Waals surface area (Å²) >= 11 is 11.7. The van der Waals surface area contributed by atoms with Gasteiger partial charge in [-0.1, -0.05) is 35.3 Å². The van der Waals surface area contributed by atoms with Gasteiger partial charge < -0.3 is 5.73 Å². The van der Waals surface area contributed by atoms with Gasteiger partial charge in [0, 0.05) is 16.0 Å². The zero-order chi connectivity index (χ0) is 15.9. The molecule has 116 valence electrons. The fourth-order valence-corrected chi connectivity index (χ4v) is 5.43. The molecule has 2 N–H and O–H groups in total. The van der Waals surface area contributed by atoms with Crippen LogP contribution in [-0.2, 0) is 9.84 Å². The molecule has 0 heterocycles. The van der Waals surface area contributed by atoms with Crippen molar-refractivity contribution >= 4 is 33.0 Å². The van der Waals surface area contributed by atoms with E-state index in [1.54, 1.807) is 36.4 Å². The Balaban J connectivity index is 1.93. The van der Waals surface area contributed by atoms with E-state index in [1.165, 1.54) is 0 Å². The predicted molar refractivity (Wildman–Crippen MR) is 89.2 cm³/mol. The van der Waals surface area contributed by atoms with Gasteiger partial charge >= 0.3 is 0 Å². The third kappa shape index (κ3) is 2.76. The summed E-state index contributed by atoms with van der Waals surface area (Å²) in [6.45, 7) is 0.338. The van der Waals surface area contributed by atoms with E-state index in [0.717, 1.165) is 5.56 Å². The van der Waals surface area contributed by atoms with Crippen LogP contribution in [0.3, 0.4) is 0 Å². The molecule has 3 atom stereocenters. The van der Waals surface area contributed by atoms with Crippen LogP contribution in [0.4, 0.5) is 0 Å². The van der Waals surface area contributed by atoms with E-state index < -0.39 is 15.1 Å². The van der Waals surface area contributed by atoms with Crippen LogP contribution < -0.4 is 5.73 Å². The van der Waals surface area contributed by atoms with Crippen LogP contribution in [0.25, 0.3) is 0 Å². The molecular weight excluding hydrogens is 341 g/mol. The summed E-state index contributed by atoms with van der Waals surface area (Å²) in [6.07, 6.45) is 0. The SMILES string of the molecule is NC[C@H]1[C@@H](c2ccc(Cl)cc2)[C@@H]1S(=O)(=O)c1ccc(Cl)cc1. The van der Waals surface area contributed by atoms with Crippen LogP contribution in [0.15, 0.2) is 53.4 Å². The van der Waals surface area contributed by atoms with Gasteiger partial charge in [-0.15, -0.1) is 0 Å². The maximum atomic E-state index is 12.8. The minimum atomic E-state index is -3.42. The fourth-order valence-electron chi connectivity index (χ4n) is 2.95. The summed E-state index contributed by atoms with van der Waals surface area (Å²) in [5.41, 5.74) is 6.73. The molecule has 2 aromatic rings. The Morgan fingerprint density at radius 2 is 1.41 bits per heavy atom. The van der Waals surface area contributed by atoms with Crippen molar-refractivity contribution in [3.63, 3.8) is 0 Å². The van der Waals surface area contributed by atoms with Crippen LogP contribution in [0, 0.1) is 5.92 Å². The molecule has 2 aromatic carbocycles. The predicted octanol–water partition coefficient (Wildman–Crippen LogP) is 3.51. The van der Waals surface area contributed by atoms with Crippen molar-refractivity contribution in [1.29, 1.82) is 0 Å². The van der Waals surface area contributed by atoms with E-state index in [2.05, 4.69) is 0 Å². The van der Waals surface area contributed by atoms with E-state index in [4.69, 9.17) is 28.9 Å². The summed E-state index contributed by atoms with van der Waals surface area (Å²) in [5.74, 6) is -0.148. The Bertz CT molecular complexity index is 773. The molecule has 0 spiro atoms. The first-order chi connectivity index (χ1) is 10.4. The van der Waals surface area contributed by atoms with E-state index in [1.807, 2.05) is 12.1 Å². The molecule has 1 fully saturated rings. The Morgan fingerprint density at radius 1 is 0.909 bits per heavy atom. The molecular formula is C16H15Cl2NO2S. The topological polar surface area (TPSA) is 60.2 Å². The average molecular weight is 356 g/mol. The first-order valence-corrected chi connectivity index (χ1v) is 9.20. The first-order valence-electron chi connectivity index (χ1n) is 6.90. The normalized spacial score (nSPS) is 24.2. The zero-order valence-corrected chi connectivity index (χ0v) is 13.9. The van der Waals surface area contributed by atoms with Gasteiger partial charge in [0.1, 0.15) is 0 Å². The van der Waals surface area contributed by atoms with Crippen LogP contribution in [0.2, 0.25) is 10.0 Å². The van der Waals surface area contributed by atoms with Crippen LogP contribution in [0.1, 0.15) is 11.5 Å². The lowest BCUT2D eigenvalue weighted by atomic mass is 10.1. The Morgan fingerprint density at radius 3 is 1.91 bits per heavy atom. The van der Waals surface area contributed by atoms with E-state index in [9.17, 15) is 8.42 Å². The first kappa shape index (κ1) is 15.8. The highest BCUT2D eigenvalue weighted by Gasteiger charge is 2.57. The third-order valence-electron chi connectivity index (χ3n) is 4.12. The summed E-state index contributed by atoms with van der Waals surface area (Å²) in [5, 5.41) is 0.657. The number of benzene rings is 2. The number of nitrogens with two attached hydrogens (primary N) is 1. The second kappa shape index (κ2) is 5.85. The highest BCUT2D eigenvalue weighted by molar-refractivity contribution is 7.92. The molecule has 3 rings (SSSR count). The number of sulfone groups is 1. The lowest BCUT2D eigenvalue weighted by molar-refractivity contribution is 0.591. The van der Waals surface area contributed by atoms with Crippen LogP contribution in [0.5, 0.6) is 0 Å². The zero-order valence-electron chi connectivity index (χ0n) is 11.6. The van der Waals surface area contributed by atoms with Crippen molar-refractivity contribution in [1.82, 2.24) is 0 Å². The van der Waals surface area contributed by atoms with Crippen molar-refractivity contribution in [2.24, 2.45) is 11.7 Å². The van der Waals surface area contributed by atoms with E-state index >= 15 is 0 Å². The average Bonchev–Trinajstić information content (AvgIpc) is 3.24. The molecule has 1 aliphatic rings. The lowest BCUT2D eigenvalue weighted by Crippen LogP contribution is -2.13. The van der Waals surface area contributed by atoms with Crippen molar-refractivity contribution in [2.75, 3.05) is 6.54 Å². The molecule has 6 heteroatoms. The second-order valence-corrected chi connectivity index (χ2v) is 8.42. The van der Waals surface area contributed by atoms with Crippen LogP contribution >= 0.6 is 23.2 Å². The number of rotatable bonds is 4. The molecule has 1 aliphatic carbocycles. The highest BCUT2D eigenvalue weighted by atomic mass is 35.5. The number of hydrogen-bond donors (Lipinski definition) is 1. The van der Waals surface area contributed by atoms with Crippen LogP contribution in [-0.4, -0.2) is 20.2 Å².